The van der Waals surface area contributed by atoms with E-state index in [9.17, 15) is 9.90 Å². The van der Waals surface area contributed by atoms with Crippen LogP contribution in [0.3, 0.4) is 0 Å². The van der Waals surface area contributed by atoms with Crippen molar-refractivity contribution in [2.45, 2.75) is 12.5 Å². The number of benzene rings is 2. The lowest BCUT2D eigenvalue weighted by molar-refractivity contribution is -0.136. The molecule has 1 amide bonds. The Morgan fingerprint density at radius 2 is 1.54 bits per heavy atom. The quantitative estimate of drug-likeness (QED) is 0.470. The van der Waals surface area contributed by atoms with Crippen LogP contribution < -0.4 is 5.43 Å². The van der Waals surface area contributed by atoms with E-state index in [1.807, 2.05) is 31.2 Å². The predicted molar refractivity (Wildman–Crippen MR) is 108 cm³/mol. The molecule has 2 N–H and O–H groups in total. The number of carbonyl (C=O) groups is 1. The summed E-state index contributed by atoms with van der Waals surface area (Å²) in [5.74, 6) is -0.607. The number of nitrogens with one attached hydrogen (secondary N) is 1. The molecule has 6 heteroatoms. The zero-order valence-electron chi connectivity index (χ0n) is 14.0. The number of aliphatic hydroxyl groups is 1. The summed E-state index contributed by atoms with van der Waals surface area (Å²) in [7, 11) is 0. The number of thiophene rings is 1. The summed E-state index contributed by atoms with van der Waals surface area (Å²) in [5.41, 5.74) is 2.32. The van der Waals surface area contributed by atoms with Crippen molar-refractivity contribution in [1.29, 1.82) is 0 Å². The lowest BCUT2D eigenvalue weighted by atomic mass is 9.85. The van der Waals surface area contributed by atoms with E-state index in [-0.39, 0.29) is 0 Å². The highest BCUT2D eigenvalue weighted by molar-refractivity contribution is 9.11. The van der Waals surface area contributed by atoms with E-state index in [0.717, 1.165) is 8.66 Å². The van der Waals surface area contributed by atoms with Gasteiger partial charge in [0.25, 0.3) is 5.91 Å². The SMILES string of the molecule is C/C(=N/NC(=O)C(O)(c1ccccc1)c1ccccc1)c1ccc(Br)s1. The average Bonchev–Trinajstić information content (AvgIpc) is 3.13. The van der Waals surface area contributed by atoms with Crippen molar-refractivity contribution in [1.82, 2.24) is 5.43 Å². The predicted octanol–water partition coefficient (Wildman–Crippen LogP) is 4.29. The summed E-state index contributed by atoms with van der Waals surface area (Å²) < 4.78 is 0.985. The molecule has 0 saturated heterocycles. The lowest BCUT2D eigenvalue weighted by Gasteiger charge is -2.27. The van der Waals surface area contributed by atoms with Crippen LogP contribution in [0, 0.1) is 0 Å². The molecule has 4 nitrogen and oxygen atoms in total. The monoisotopic (exact) mass is 428 g/mol. The fraction of sp³-hybridized carbons (Fsp3) is 0.100. The number of hydrazone groups is 1. The maximum atomic E-state index is 12.9. The Hall–Kier alpha value is -2.28. The van der Waals surface area contributed by atoms with Gasteiger partial charge in [-0.3, -0.25) is 4.79 Å². The van der Waals surface area contributed by atoms with E-state index in [1.165, 1.54) is 11.3 Å². The summed E-state index contributed by atoms with van der Waals surface area (Å²) in [6, 6.07) is 21.5. The maximum Gasteiger partial charge on any atom is 0.281 e. The van der Waals surface area contributed by atoms with Gasteiger partial charge in [-0.15, -0.1) is 11.3 Å². The summed E-state index contributed by atoms with van der Waals surface area (Å²) in [6.07, 6.45) is 0. The largest absolute Gasteiger partial charge is 0.372 e. The third-order valence-electron chi connectivity index (χ3n) is 3.97. The summed E-state index contributed by atoms with van der Waals surface area (Å²) >= 11 is 4.93. The van der Waals surface area contributed by atoms with Crippen molar-refractivity contribution in [3.63, 3.8) is 0 Å². The van der Waals surface area contributed by atoms with Gasteiger partial charge >= 0.3 is 0 Å². The zero-order valence-corrected chi connectivity index (χ0v) is 16.4. The maximum absolute atomic E-state index is 12.9. The highest BCUT2D eigenvalue weighted by Gasteiger charge is 2.39. The number of nitrogens with zero attached hydrogens (tertiary/aromatic N) is 1. The van der Waals surface area contributed by atoms with Crippen LogP contribution in [-0.4, -0.2) is 16.7 Å². The third-order valence-corrected chi connectivity index (χ3v) is 5.70. The Kier molecular flexibility index (Phi) is 5.66. The van der Waals surface area contributed by atoms with Crippen LogP contribution in [0.25, 0.3) is 0 Å². The van der Waals surface area contributed by atoms with Crippen LogP contribution in [0.2, 0.25) is 0 Å². The molecular weight excluding hydrogens is 412 g/mol. The molecule has 0 unspecified atom stereocenters. The van der Waals surface area contributed by atoms with E-state index < -0.39 is 11.5 Å². The van der Waals surface area contributed by atoms with Gasteiger partial charge in [0, 0.05) is 0 Å². The first-order chi connectivity index (χ1) is 12.5. The van der Waals surface area contributed by atoms with Gasteiger partial charge in [0.15, 0.2) is 5.60 Å². The Morgan fingerprint density at radius 1 is 1.00 bits per heavy atom. The molecule has 2 aromatic carbocycles. The van der Waals surface area contributed by atoms with Gasteiger partial charge in [0.05, 0.1) is 14.4 Å². The summed E-state index contributed by atoms with van der Waals surface area (Å²) in [6.45, 7) is 1.81. The van der Waals surface area contributed by atoms with Crippen molar-refractivity contribution in [3.8, 4) is 0 Å². The van der Waals surface area contributed by atoms with Crippen LogP contribution in [-0.2, 0) is 10.4 Å². The molecule has 26 heavy (non-hydrogen) atoms. The molecule has 3 rings (SSSR count). The number of rotatable bonds is 5. The van der Waals surface area contributed by atoms with E-state index in [4.69, 9.17) is 0 Å². The Balaban J connectivity index is 1.94. The Bertz CT molecular complexity index is 884. The van der Waals surface area contributed by atoms with Gasteiger partial charge in [-0.1, -0.05) is 60.7 Å². The standard InChI is InChI=1S/C20H17BrN2O2S/c1-14(17-12-13-18(21)26-17)22-23-19(24)20(25,15-8-4-2-5-9-15)16-10-6-3-7-11-16/h2-13,25H,1H3,(H,23,24)/b22-14-. The molecule has 0 saturated carbocycles. The molecule has 0 atom stereocenters. The van der Waals surface area contributed by atoms with Gasteiger partial charge in [-0.25, -0.2) is 5.43 Å². The summed E-state index contributed by atoms with van der Waals surface area (Å²) in [4.78, 5) is 13.9. The number of carbonyl (C=O) groups excluding carboxylic acids is 1. The molecular formula is C20H17BrN2O2S. The zero-order chi connectivity index (χ0) is 18.6. The first-order valence-electron chi connectivity index (χ1n) is 7.95. The van der Waals surface area contributed by atoms with Gasteiger partial charge in [0.2, 0.25) is 0 Å². The van der Waals surface area contributed by atoms with Crippen molar-refractivity contribution >= 4 is 38.9 Å². The summed E-state index contributed by atoms with van der Waals surface area (Å²) in [5, 5.41) is 15.5. The number of halogens is 1. The highest BCUT2D eigenvalue weighted by Crippen LogP contribution is 2.30. The molecule has 0 spiro atoms. The molecule has 1 aromatic heterocycles. The average molecular weight is 429 g/mol. The first kappa shape index (κ1) is 18.5. The molecule has 3 aromatic rings. The van der Waals surface area contributed by atoms with E-state index in [1.54, 1.807) is 48.5 Å². The Morgan fingerprint density at radius 3 is 2.00 bits per heavy atom. The van der Waals surface area contributed by atoms with Crippen LogP contribution in [0.1, 0.15) is 22.9 Å². The smallest absolute Gasteiger partial charge is 0.281 e. The minimum absolute atomic E-state index is 0.482. The van der Waals surface area contributed by atoms with Gasteiger partial charge in [-0.2, -0.15) is 5.10 Å². The number of hydrogen-bond donors (Lipinski definition) is 2. The molecule has 0 bridgehead atoms. The highest BCUT2D eigenvalue weighted by atomic mass is 79.9. The van der Waals surface area contributed by atoms with Crippen LogP contribution >= 0.6 is 27.3 Å². The Labute approximate surface area is 164 Å². The molecule has 0 aliphatic heterocycles. The fourth-order valence-corrected chi connectivity index (χ4v) is 3.90. The molecule has 0 aliphatic rings. The topological polar surface area (TPSA) is 61.7 Å². The van der Waals surface area contributed by atoms with Crippen molar-refractivity contribution in [2.24, 2.45) is 5.10 Å². The minimum Gasteiger partial charge on any atom is -0.372 e. The van der Waals surface area contributed by atoms with Gasteiger partial charge in [0.1, 0.15) is 0 Å². The third kappa shape index (κ3) is 3.77. The molecule has 0 aliphatic carbocycles. The number of amides is 1. The van der Waals surface area contributed by atoms with E-state index in [2.05, 4.69) is 26.5 Å². The molecule has 0 fully saturated rings. The fourth-order valence-electron chi connectivity index (χ4n) is 2.57. The normalized spacial score (nSPS) is 12.0. The van der Waals surface area contributed by atoms with Crippen LogP contribution in [0.5, 0.6) is 0 Å². The first-order valence-corrected chi connectivity index (χ1v) is 9.56. The molecule has 132 valence electrons. The minimum atomic E-state index is -1.83. The van der Waals surface area contributed by atoms with Crippen LogP contribution in [0.4, 0.5) is 0 Å². The van der Waals surface area contributed by atoms with Crippen molar-refractivity contribution in [2.75, 3.05) is 0 Å². The second-order valence-corrected chi connectivity index (χ2v) is 8.15. The second kappa shape index (κ2) is 7.95. The molecule has 1 heterocycles. The van der Waals surface area contributed by atoms with E-state index >= 15 is 0 Å². The molecule has 0 radical (unpaired) electrons. The second-order valence-electron chi connectivity index (χ2n) is 5.68. The van der Waals surface area contributed by atoms with Crippen LogP contribution in [0.15, 0.2) is 81.7 Å². The lowest BCUT2D eigenvalue weighted by Crippen LogP contribution is -2.43. The van der Waals surface area contributed by atoms with Gasteiger partial charge < -0.3 is 5.11 Å². The van der Waals surface area contributed by atoms with Crippen molar-refractivity contribution in [3.05, 3.63) is 92.6 Å². The number of hydrogen-bond acceptors (Lipinski definition) is 4. The van der Waals surface area contributed by atoms with E-state index in [0.29, 0.717) is 16.8 Å². The van der Waals surface area contributed by atoms with Crippen molar-refractivity contribution < 1.29 is 9.90 Å². The van der Waals surface area contributed by atoms with Gasteiger partial charge in [-0.05, 0) is 46.1 Å².